The fourth-order valence-electron chi connectivity index (χ4n) is 3.23. The molecule has 0 radical (unpaired) electrons. The van der Waals surface area contributed by atoms with Crippen molar-refractivity contribution in [1.82, 2.24) is 20.5 Å². The first-order chi connectivity index (χ1) is 16.7. The van der Waals surface area contributed by atoms with Crippen LogP contribution in [0.3, 0.4) is 0 Å². The summed E-state index contributed by atoms with van der Waals surface area (Å²) in [5.74, 6) is -1.51. The number of hydrogen-bond acceptors (Lipinski definition) is 8. The van der Waals surface area contributed by atoms with Gasteiger partial charge >= 0.3 is 0 Å². The van der Waals surface area contributed by atoms with E-state index < -0.39 is 33.7 Å². The number of nitrogens with two attached hydrogens (primary N) is 1. The number of amides is 1. The van der Waals surface area contributed by atoms with Gasteiger partial charge in [-0.05, 0) is 43.5 Å². The highest BCUT2D eigenvalue weighted by molar-refractivity contribution is 7.89. The number of sulfonamides is 1. The maximum atomic E-state index is 13.5. The molecule has 0 aliphatic rings. The van der Waals surface area contributed by atoms with Crippen LogP contribution in [0.15, 0.2) is 52.5 Å². The quantitative estimate of drug-likeness (QED) is 0.0713. The molecular formula is C22H28FN7O4S. The van der Waals surface area contributed by atoms with Gasteiger partial charge in [-0.3, -0.25) is 25.3 Å². The normalized spacial score (nSPS) is 13.5. The first-order valence-corrected chi connectivity index (χ1v) is 12.3. The molecule has 2 rings (SSSR count). The van der Waals surface area contributed by atoms with Crippen molar-refractivity contribution in [2.24, 2.45) is 16.6 Å². The highest BCUT2D eigenvalue weighted by atomic mass is 32.2. The summed E-state index contributed by atoms with van der Waals surface area (Å²) >= 11 is 0. The Morgan fingerprint density at radius 1 is 1.31 bits per heavy atom. The molecule has 35 heavy (non-hydrogen) atoms. The number of halogens is 1. The number of carbonyl (C=O) groups excluding carboxylic acids is 1. The largest absolute Gasteiger partial charge is 0.330 e. The van der Waals surface area contributed by atoms with Crippen molar-refractivity contribution < 1.29 is 22.8 Å². The van der Waals surface area contributed by atoms with Crippen molar-refractivity contribution in [2.45, 2.75) is 37.1 Å². The maximum Gasteiger partial charge on any atom is 0.261 e. The van der Waals surface area contributed by atoms with Crippen molar-refractivity contribution in [3.63, 3.8) is 0 Å². The Kier molecular flexibility index (Phi) is 10.7. The first kappa shape index (κ1) is 27.8. The van der Waals surface area contributed by atoms with Gasteiger partial charge in [0.05, 0.1) is 5.69 Å². The molecule has 2 aromatic rings. The van der Waals surface area contributed by atoms with Gasteiger partial charge in [-0.25, -0.2) is 18.3 Å². The Bertz CT molecular complexity index is 1170. The third-order valence-corrected chi connectivity index (χ3v) is 6.51. The van der Waals surface area contributed by atoms with E-state index in [4.69, 9.17) is 16.2 Å². The van der Waals surface area contributed by atoms with Crippen LogP contribution in [0.25, 0.3) is 11.3 Å². The van der Waals surface area contributed by atoms with Crippen molar-refractivity contribution in [3.8, 4) is 17.5 Å². The van der Waals surface area contributed by atoms with Crippen LogP contribution in [0.5, 0.6) is 0 Å². The minimum atomic E-state index is -4.21. The van der Waals surface area contributed by atoms with Crippen molar-refractivity contribution in [3.05, 3.63) is 48.4 Å². The van der Waals surface area contributed by atoms with Crippen LogP contribution in [0, 0.1) is 23.2 Å². The number of nitriles is 1. The number of nitrogens with one attached hydrogen (secondary N) is 3. The molecule has 13 heteroatoms. The van der Waals surface area contributed by atoms with Crippen molar-refractivity contribution in [1.29, 1.82) is 5.26 Å². The lowest BCUT2D eigenvalue weighted by Crippen LogP contribution is -2.46. The average molecular weight is 506 g/mol. The Balaban J connectivity index is 2.18. The molecular weight excluding hydrogens is 477 g/mol. The predicted molar refractivity (Wildman–Crippen MR) is 127 cm³/mol. The van der Waals surface area contributed by atoms with Gasteiger partial charge in [0.1, 0.15) is 22.6 Å². The number of benzene rings is 1. The number of aliphatic imine (C=N–C) groups is 1. The second-order valence-electron chi connectivity index (χ2n) is 7.55. The number of pyridine rings is 1. The number of amidine groups is 1. The van der Waals surface area contributed by atoms with Gasteiger partial charge in [-0.15, -0.1) is 0 Å². The average Bonchev–Trinajstić information content (AvgIpc) is 2.86. The Hall–Kier alpha value is -3.44. The van der Waals surface area contributed by atoms with E-state index in [0.717, 1.165) is 12.6 Å². The zero-order valence-corrected chi connectivity index (χ0v) is 19.9. The van der Waals surface area contributed by atoms with Gasteiger partial charge in [0.15, 0.2) is 6.19 Å². The van der Waals surface area contributed by atoms with E-state index in [1.54, 1.807) is 12.3 Å². The van der Waals surface area contributed by atoms with E-state index in [1.807, 2.05) is 6.92 Å². The number of nitrogens with zero attached hydrogens (tertiary/aromatic N) is 3. The summed E-state index contributed by atoms with van der Waals surface area (Å²) in [6.07, 6.45) is 3.79. The molecule has 0 fully saturated rings. The van der Waals surface area contributed by atoms with Crippen LogP contribution in [-0.2, 0) is 14.8 Å². The standard InChI is InChI=1S/C22H28FN7O4S/c1-2-10-26-21(28-14-25)16(12-24)6-8-20(22(31)29-32)30-35(33,34)18-7-9-19(27-13-18)15-4-3-5-17(23)11-15/h3-5,7,9,11,13,16,20,30,32H,2,6,8,10,12,24H2,1H3,(H,26,28)(H,29,31)/t16?,20-/m1/s1. The van der Waals surface area contributed by atoms with E-state index in [2.05, 4.69) is 20.0 Å². The third-order valence-electron chi connectivity index (χ3n) is 5.06. The van der Waals surface area contributed by atoms with Gasteiger partial charge < -0.3 is 5.73 Å². The molecule has 0 aliphatic carbocycles. The second-order valence-corrected chi connectivity index (χ2v) is 9.27. The minimum absolute atomic E-state index is 0.0411. The molecule has 0 saturated carbocycles. The van der Waals surface area contributed by atoms with Gasteiger partial charge in [0, 0.05) is 30.8 Å². The SMILES string of the molecule is CCCN=C(NC#N)C(CN)CC[C@@H](NS(=O)(=O)c1ccc(-c2cccc(F)c2)nc1)C(=O)NO. The molecule has 0 bridgehead atoms. The van der Waals surface area contributed by atoms with E-state index in [1.165, 1.54) is 35.8 Å². The summed E-state index contributed by atoms with van der Waals surface area (Å²) in [5, 5.41) is 20.6. The third kappa shape index (κ3) is 8.08. The fourth-order valence-corrected chi connectivity index (χ4v) is 4.40. The van der Waals surface area contributed by atoms with Crippen LogP contribution >= 0.6 is 0 Å². The van der Waals surface area contributed by atoms with Gasteiger partial charge in [0.25, 0.3) is 5.91 Å². The van der Waals surface area contributed by atoms with Crippen LogP contribution in [0.4, 0.5) is 4.39 Å². The molecule has 1 aromatic heterocycles. The van der Waals surface area contributed by atoms with Crippen LogP contribution in [-0.4, -0.2) is 49.5 Å². The number of aromatic nitrogens is 1. The number of rotatable bonds is 12. The molecule has 1 amide bonds. The van der Waals surface area contributed by atoms with Crippen LogP contribution in [0.1, 0.15) is 26.2 Å². The smallest absolute Gasteiger partial charge is 0.261 e. The van der Waals surface area contributed by atoms with Crippen molar-refractivity contribution >= 4 is 21.8 Å². The van der Waals surface area contributed by atoms with Crippen LogP contribution < -0.4 is 21.3 Å². The highest BCUT2D eigenvalue weighted by Crippen LogP contribution is 2.20. The summed E-state index contributed by atoms with van der Waals surface area (Å²) in [6.45, 7) is 2.48. The van der Waals surface area contributed by atoms with Crippen molar-refractivity contribution in [2.75, 3.05) is 13.1 Å². The molecule has 11 nitrogen and oxygen atoms in total. The van der Waals surface area contributed by atoms with Crippen LogP contribution in [0.2, 0.25) is 0 Å². The molecule has 0 saturated heterocycles. The minimum Gasteiger partial charge on any atom is -0.330 e. The fraction of sp³-hybridized carbons (Fsp3) is 0.364. The summed E-state index contributed by atoms with van der Waals surface area (Å²) in [6, 6.07) is 7.04. The van der Waals surface area contributed by atoms with E-state index in [-0.39, 0.29) is 24.3 Å². The van der Waals surface area contributed by atoms with E-state index >= 15 is 0 Å². The summed E-state index contributed by atoms with van der Waals surface area (Å²) in [7, 11) is -4.21. The Labute approximate surface area is 203 Å². The van der Waals surface area contributed by atoms with Gasteiger partial charge in [0.2, 0.25) is 10.0 Å². The predicted octanol–water partition coefficient (Wildman–Crippen LogP) is 1.27. The summed E-state index contributed by atoms with van der Waals surface area (Å²) in [5.41, 5.74) is 8.10. The van der Waals surface area contributed by atoms with E-state index in [9.17, 15) is 17.6 Å². The summed E-state index contributed by atoms with van der Waals surface area (Å²) < 4.78 is 41.5. The zero-order valence-electron chi connectivity index (χ0n) is 19.1. The lowest BCUT2D eigenvalue weighted by Gasteiger charge is -2.21. The van der Waals surface area contributed by atoms with Gasteiger partial charge in [-0.2, -0.15) is 9.98 Å². The molecule has 0 spiro atoms. The molecule has 188 valence electrons. The topological polar surface area (TPSA) is 183 Å². The first-order valence-electron chi connectivity index (χ1n) is 10.8. The number of hydroxylamine groups is 1. The second kappa shape index (κ2) is 13.4. The molecule has 0 aliphatic heterocycles. The monoisotopic (exact) mass is 505 g/mol. The van der Waals surface area contributed by atoms with Gasteiger partial charge in [-0.1, -0.05) is 19.1 Å². The Morgan fingerprint density at radius 3 is 2.66 bits per heavy atom. The highest BCUT2D eigenvalue weighted by Gasteiger charge is 2.27. The van der Waals surface area contributed by atoms with E-state index in [0.29, 0.717) is 23.6 Å². The molecule has 6 N–H and O–H groups in total. The zero-order chi connectivity index (χ0) is 25.8. The summed E-state index contributed by atoms with van der Waals surface area (Å²) in [4.78, 5) is 20.3. The molecule has 1 aromatic carbocycles. The lowest BCUT2D eigenvalue weighted by atomic mass is 9.98. The number of carbonyl (C=O) groups is 1. The Morgan fingerprint density at radius 2 is 2.09 bits per heavy atom. The molecule has 1 unspecified atom stereocenters. The lowest BCUT2D eigenvalue weighted by molar-refractivity contribution is -0.131. The number of hydrogen-bond donors (Lipinski definition) is 5. The maximum absolute atomic E-state index is 13.5. The molecule has 2 atom stereocenters. The molecule has 1 heterocycles.